The smallest absolute Gasteiger partial charge is 0.237 e. The third-order valence-electron chi connectivity index (χ3n) is 12.1. The lowest BCUT2D eigenvalue weighted by Crippen LogP contribution is -2.52. The summed E-state index contributed by atoms with van der Waals surface area (Å²) in [5.41, 5.74) is 4.83. The number of phenols is 1. The molecule has 11 nitrogen and oxygen atoms in total. The Morgan fingerprint density at radius 1 is 0.860 bits per heavy atom. The van der Waals surface area contributed by atoms with Gasteiger partial charge in [-0.25, -0.2) is 0 Å². The summed E-state index contributed by atoms with van der Waals surface area (Å²) in [5, 5.41) is 24.9. The van der Waals surface area contributed by atoms with Gasteiger partial charge in [-0.3, -0.25) is 14.5 Å². The van der Waals surface area contributed by atoms with E-state index in [0.29, 0.717) is 37.1 Å². The molecule has 57 heavy (non-hydrogen) atoms. The van der Waals surface area contributed by atoms with Crippen molar-refractivity contribution in [2.45, 2.75) is 75.7 Å². The lowest BCUT2D eigenvalue weighted by Gasteiger charge is -2.43. The van der Waals surface area contributed by atoms with Crippen LogP contribution in [0.5, 0.6) is 5.75 Å². The van der Waals surface area contributed by atoms with Gasteiger partial charge in [0.2, 0.25) is 11.8 Å². The number of para-hydroxylation sites is 2. The van der Waals surface area contributed by atoms with E-state index in [1.54, 1.807) is 13.1 Å². The third-order valence-corrected chi connectivity index (χ3v) is 12.1. The number of hydrogen-bond acceptors (Lipinski definition) is 9. The van der Waals surface area contributed by atoms with Crippen molar-refractivity contribution in [1.82, 2.24) is 25.7 Å². The van der Waals surface area contributed by atoms with Crippen molar-refractivity contribution in [3.05, 3.63) is 103 Å². The zero-order valence-corrected chi connectivity index (χ0v) is 33.4. The quantitative estimate of drug-likeness (QED) is 0.0988. The molecule has 0 bridgehead atoms. The molecule has 0 spiro atoms. The van der Waals surface area contributed by atoms with E-state index in [1.165, 1.54) is 30.5 Å². The Morgan fingerprint density at radius 3 is 2.25 bits per heavy atom. The van der Waals surface area contributed by atoms with Crippen molar-refractivity contribution in [3.63, 3.8) is 0 Å². The number of aromatic nitrogens is 2. The topological polar surface area (TPSA) is 131 Å². The Morgan fingerprint density at radius 2 is 1.54 bits per heavy atom. The van der Waals surface area contributed by atoms with Crippen LogP contribution in [-0.2, 0) is 19.8 Å². The number of carbonyl (C=O) groups excluding carboxylic acids is 3. The number of nitrogens with one attached hydrogen (secondary N) is 2. The molecule has 3 aliphatic heterocycles. The average Bonchev–Trinajstić information content (AvgIpc) is 3.75. The van der Waals surface area contributed by atoms with Gasteiger partial charge in [0.05, 0.1) is 23.6 Å². The van der Waals surface area contributed by atoms with Gasteiger partial charge in [-0.1, -0.05) is 60.7 Å². The van der Waals surface area contributed by atoms with Gasteiger partial charge in [0.25, 0.3) is 0 Å². The molecule has 4 aromatic rings. The van der Waals surface area contributed by atoms with E-state index in [2.05, 4.69) is 96.2 Å². The van der Waals surface area contributed by atoms with Crippen LogP contribution in [0.3, 0.4) is 0 Å². The minimum atomic E-state index is -0.134. The molecule has 11 heteroatoms. The lowest BCUT2D eigenvalue weighted by atomic mass is 9.72. The number of piperidine rings is 2. The standard InChI is InChI=1S/C40H48N6O2.C6H11NO2/c47-38-16-8-7-14-35(38)36-28-34(29-42-43-36)45-26-20-40(21-27-45,32-10-3-1-4-11-32)30-41-39(48)37-15-9-22-46(37)25-19-31-17-23-44(24-18-31)33-12-5-2-6-13-33;1-7-6(9)4-2-3-5-8/h1-8,10-14,16,28-29,31,37,47H,9,15,17-27,30H2,(H,41,48);5H,2-4H2,1H3,(H,7,9)/t37-;/m1./s1. The van der Waals surface area contributed by atoms with Crippen LogP contribution in [0.2, 0.25) is 0 Å². The van der Waals surface area contributed by atoms with Crippen LogP contribution < -0.4 is 20.4 Å². The molecule has 0 aliphatic carbocycles. The monoisotopic (exact) mass is 773 g/mol. The molecule has 3 fully saturated rings. The predicted molar refractivity (Wildman–Crippen MR) is 226 cm³/mol. The molecule has 3 aromatic carbocycles. The molecule has 3 N–H and O–H groups in total. The number of likely N-dealkylation sites (tertiary alicyclic amines) is 1. The van der Waals surface area contributed by atoms with E-state index in [9.17, 15) is 19.5 Å². The SMILES string of the molecule is CNC(=O)CCCC=O.O=C(NCC1(c2ccccc2)CCN(c2cnnc(-c3ccccc3O)c2)CC1)[C@H]1CCCN1CCC1CCN(c2ccccc2)CC1. The fourth-order valence-corrected chi connectivity index (χ4v) is 8.61. The van der Waals surface area contributed by atoms with Crippen molar-refractivity contribution in [3.8, 4) is 17.0 Å². The summed E-state index contributed by atoms with van der Waals surface area (Å²) in [4.78, 5) is 41.3. The van der Waals surface area contributed by atoms with Crippen molar-refractivity contribution in [2.75, 3.05) is 62.7 Å². The number of anilines is 2. The average molecular weight is 774 g/mol. The fourth-order valence-electron chi connectivity index (χ4n) is 8.61. The number of amides is 2. The van der Waals surface area contributed by atoms with E-state index >= 15 is 0 Å². The highest BCUT2D eigenvalue weighted by molar-refractivity contribution is 5.82. The number of unbranched alkanes of at least 4 members (excludes halogenated alkanes) is 1. The number of rotatable bonds is 14. The van der Waals surface area contributed by atoms with Crippen molar-refractivity contribution in [1.29, 1.82) is 0 Å². The summed E-state index contributed by atoms with van der Waals surface area (Å²) in [6.45, 7) is 6.59. The summed E-state index contributed by atoms with van der Waals surface area (Å²) in [5.74, 6) is 1.11. The van der Waals surface area contributed by atoms with Crippen molar-refractivity contribution < 1.29 is 19.5 Å². The summed E-state index contributed by atoms with van der Waals surface area (Å²) in [6.07, 6.45) is 11.7. The van der Waals surface area contributed by atoms with Crippen LogP contribution in [0.4, 0.5) is 11.4 Å². The number of aromatic hydroxyl groups is 1. The van der Waals surface area contributed by atoms with E-state index in [1.807, 2.05) is 30.5 Å². The highest BCUT2D eigenvalue weighted by Gasteiger charge is 2.39. The normalized spacial score (nSPS) is 18.3. The first-order valence-corrected chi connectivity index (χ1v) is 20.8. The molecule has 2 amide bonds. The van der Waals surface area contributed by atoms with Gasteiger partial charge in [-0.05, 0) is 106 Å². The molecule has 1 aromatic heterocycles. The molecule has 0 radical (unpaired) electrons. The lowest BCUT2D eigenvalue weighted by molar-refractivity contribution is -0.126. The van der Waals surface area contributed by atoms with Gasteiger partial charge in [-0.15, -0.1) is 0 Å². The highest BCUT2D eigenvalue weighted by Crippen LogP contribution is 2.38. The van der Waals surface area contributed by atoms with Gasteiger partial charge in [0.1, 0.15) is 12.0 Å². The Bertz CT molecular complexity index is 1860. The van der Waals surface area contributed by atoms with Crippen LogP contribution in [0, 0.1) is 5.92 Å². The molecule has 7 rings (SSSR count). The molecular formula is C46H59N7O4. The van der Waals surface area contributed by atoms with E-state index in [0.717, 1.165) is 82.8 Å². The summed E-state index contributed by atoms with van der Waals surface area (Å²) in [6, 6.07) is 30.7. The molecule has 1 atom stereocenters. The molecule has 4 heterocycles. The number of nitrogens with zero attached hydrogens (tertiary/aromatic N) is 5. The van der Waals surface area contributed by atoms with Crippen LogP contribution in [0.25, 0.3) is 11.3 Å². The largest absolute Gasteiger partial charge is 0.507 e. The maximum atomic E-state index is 13.8. The first-order chi connectivity index (χ1) is 27.9. The van der Waals surface area contributed by atoms with Crippen LogP contribution >= 0.6 is 0 Å². The number of phenolic OH excluding ortho intramolecular Hbond substituents is 1. The van der Waals surface area contributed by atoms with Gasteiger partial charge < -0.3 is 30.3 Å². The van der Waals surface area contributed by atoms with E-state index in [-0.39, 0.29) is 29.0 Å². The molecule has 0 saturated carbocycles. The Balaban J connectivity index is 0.000000546. The molecule has 3 saturated heterocycles. The van der Waals surface area contributed by atoms with E-state index in [4.69, 9.17) is 0 Å². The molecule has 302 valence electrons. The van der Waals surface area contributed by atoms with Gasteiger partial charge in [0.15, 0.2) is 0 Å². The maximum absolute atomic E-state index is 13.8. The first kappa shape index (κ1) is 41.3. The summed E-state index contributed by atoms with van der Waals surface area (Å²) in [7, 11) is 1.59. The van der Waals surface area contributed by atoms with Crippen molar-refractivity contribution in [2.24, 2.45) is 5.92 Å². The Kier molecular flexibility index (Phi) is 15.1. The van der Waals surface area contributed by atoms with Gasteiger partial charge in [0, 0.05) is 69.3 Å². The van der Waals surface area contributed by atoms with Crippen LogP contribution in [0.15, 0.2) is 97.2 Å². The number of benzene rings is 3. The molecule has 0 unspecified atom stereocenters. The first-order valence-electron chi connectivity index (χ1n) is 20.8. The third kappa shape index (κ3) is 11.2. The molecule has 3 aliphatic rings. The zero-order valence-electron chi connectivity index (χ0n) is 33.4. The molecular weight excluding hydrogens is 715 g/mol. The fraction of sp³-hybridized carbons (Fsp3) is 0.457. The minimum absolute atomic E-state index is 0.00292. The van der Waals surface area contributed by atoms with Crippen LogP contribution in [-0.4, -0.2) is 97.2 Å². The number of carbonyl (C=O) groups is 3. The maximum Gasteiger partial charge on any atom is 0.237 e. The van der Waals surface area contributed by atoms with Gasteiger partial charge >= 0.3 is 0 Å². The number of hydrogen-bond donors (Lipinski definition) is 3. The Labute approximate surface area is 337 Å². The predicted octanol–water partition coefficient (Wildman–Crippen LogP) is 6.38. The second kappa shape index (κ2) is 20.8. The number of aldehydes is 1. The zero-order chi connectivity index (χ0) is 39.9. The summed E-state index contributed by atoms with van der Waals surface area (Å²) < 4.78 is 0. The second-order valence-corrected chi connectivity index (χ2v) is 15.6. The van der Waals surface area contributed by atoms with Gasteiger partial charge in [-0.2, -0.15) is 10.2 Å². The van der Waals surface area contributed by atoms with Crippen LogP contribution in [0.1, 0.15) is 69.8 Å². The minimum Gasteiger partial charge on any atom is -0.507 e. The van der Waals surface area contributed by atoms with Crippen molar-refractivity contribution >= 4 is 29.5 Å². The Hall–Kier alpha value is -5.29. The summed E-state index contributed by atoms with van der Waals surface area (Å²) >= 11 is 0. The second-order valence-electron chi connectivity index (χ2n) is 15.6. The highest BCUT2D eigenvalue weighted by atomic mass is 16.3. The van der Waals surface area contributed by atoms with E-state index < -0.39 is 0 Å².